The van der Waals surface area contributed by atoms with Crippen molar-refractivity contribution >= 4 is 40.5 Å². The molecule has 0 N–H and O–H groups in total. The Morgan fingerprint density at radius 2 is 1.88 bits per heavy atom. The molecule has 1 atom stereocenters. The maximum Gasteiger partial charge on any atom is 0.269 e. The van der Waals surface area contributed by atoms with Gasteiger partial charge in [0.15, 0.2) is 10.5 Å². The monoisotopic (exact) mass is 374 g/mol. The van der Waals surface area contributed by atoms with Crippen LogP contribution in [0.3, 0.4) is 0 Å². The third kappa shape index (κ3) is 1.97. The molecular formula is C17H18N4O4S. The summed E-state index contributed by atoms with van der Waals surface area (Å²) in [5.41, 5.74) is 0.214. The smallest absolute Gasteiger partial charge is 0.269 e. The van der Waals surface area contributed by atoms with Crippen molar-refractivity contribution in [3.63, 3.8) is 0 Å². The number of carbonyl (C=O) groups is 2. The lowest BCUT2D eigenvalue weighted by Crippen LogP contribution is -2.70. The van der Waals surface area contributed by atoms with Gasteiger partial charge in [-0.3, -0.25) is 29.5 Å². The third-order valence-electron chi connectivity index (χ3n) is 5.82. The lowest BCUT2D eigenvalue weighted by atomic mass is 9.68. The van der Waals surface area contributed by atoms with Gasteiger partial charge in [-0.1, -0.05) is 0 Å². The number of carbonyl (C=O) groups excluding carboxylic acids is 2. The van der Waals surface area contributed by atoms with Crippen LogP contribution in [0.1, 0.15) is 18.4 Å². The zero-order valence-electron chi connectivity index (χ0n) is 14.5. The first-order valence-corrected chi connectivity index (χ1v) is 8.84. The first-order chi connectivity index (χ1) is 12.3. The van der Waals surface area contributed by atoms with Gasteiger partial charge in [0.25, 0.3) is 5.69 Å². The zero-order valence-corrected chi connectivity index (χ0v) is 15.3. The van der Waals surface area contributed by atoms with Crippen molar-refractivity contribution in [3.05, 3.63) is 33.9 Å². The predicted molar refractivity (Wildman–Crippen MR) is 97.7 cm³/mol. The quantitative estimate of drug-likeness (QED) is 0.319. The van der Waals surface area contributed by atoms with Crippen LogP contribution in [0.5, 0.6) is 0 Å². The minimum atomic E-state index is -1.29. The minimum absolute atomic E-state index is 0.0375. The summed E-state index contributed by atoms with van der Waals surface area (Å²) in [7, 11) is 3.16. The molecule has 0 unspecified atom stereocenters. The number of nitro groups is 1. The molecule has 0 bridgehead atoms. The Kier molecular flexibility index (Phi) is 3.56. The summed E-state index contributed by atoms with van der Waals surface area (Å²) in [6.45, 7) is 0.718. The van der Waals surface area contributed by atoms with E-state index in [2.05, 4.69) is 4.90 Å². The highest BCUT2D eigenvalue weighted by Gasteiger charge is 2.63. The van der Waals surface area contributed by atoms with Gasteiger partial charge in [0, 0.05) is 44.9 Å². The van der Waals surface area contributed by atoms with Gasteiger partial charge >= 0.3 is 0 Å². The van der Waals surface area contributed by atoms with Crippen molar-refractivity contribution in [3.8, 4) is 0 Å². The number of hydrogen-bond donors (Lipinski definition) is 0. The van der Waals surface area contributed by atoms with Crippen LogP contribution >= 0.6 is 12.2 Å². The molecule has 3 aliphatic rings. The highest BCUT2D eigenvalue weighted by Crippen LogP contribution is 2.49. The van der Waals surface area contributed by atoms with Gasteiger partial charge in [0.2, 0.25) is 11.8 Å². The van der Waals surface area contributed by atoms with E-state index in [0.717, 1.165) is 25.1 Å². The molecule has 0 saturated carbocycles. The van der Waals surface area contributed by atoms with E-state index in [1.54, 1.807) is 20.2 Å². The zero-order chi connectivity index (χ0) is 18.8. The number of nitrogens with zero attached hydrogens (tertiary/aromatic N) is 4. The third-order valence-corrected chi connectivity index (χ3v) is 6.37. The van der Waals surface area contributed by atoms with E-state index in [-0.39, 0.29) is 35.1 Å². The summed E-state index contributed by atoms with van der Waals surface area (Å²) < 4.78 is 0. The molecule has 3 aliphatic heterocycles. The van der Waals surface area contributed by atoms with Crippen LogP contribution in [0.25, 0.3) is 0 Å². The predicted octanol–water partition coefficient (Wildman–Crippen LogP) is 1.32. The van der Waals surface area contributed by atoms with Crippen LogP contribution in [0.15, 0.2) is 18.2 Å². The number of benzene rings is 1. The minimum Gasteiger partial charge on any atom is -0.367 e. The number of nitro benzene ring substituents is 1. The molecular weight excluding hydrogens is 356 g/mol. The fourth-order valence-electron chi connectivity index (χ4n) is 4.62. The second-order valence-corrected chi connectivity index (χ2v) is 7.45. The first-order valence-electron chi connectivity index (χ1n) is 8.43. The van der Waals surface area contributed by atoms with Crippen molar-refractivity contribution < 1.29 is 14.5 Å². The molecule has 2 fully saturated rings. The Labute approximate surface area is 155 Å². The number of thiocarbonyl (C=S) groups is 1. The molecule has 2 amide bonds. The highest BCUT2D eigenvalue weighted by atomic mass is 32.1. The topological polar surface area (TPSA) is 87.0 Å². The lowest BCUT2D eigenvalue weighted by Gasteiger charge is -2.51. The number of non-ortho nitro benzene ring substituents is 1. The Bertz CT molecular complexity index is 846. The van der Waals surface area contributed by atoms with Crippen molar-refractivity contribution in [2.45, 2.75) is 25.3 Å². The van der Waals surface area contributed by atoms with Gasteiger partial charge < -0.3 is 4.90 Å². The van der Waals surface area contributed by atoms with Crippen molar-refractivity contribution in [2.75, 3.05) is 25.5 Å². The van der Waals surface area contributed by atoms with E-state index < -0.39 is 10.3 Å². The summed E-state index contributed by atoms with van der Waals surface area (Å²) in [6.07, 6.45) is 1.74. The second kappa shape index (κ2) is 5.47. The number of fused-ring (bicyclic) bond motifs is 4. The van der Waals surface area contributed by atoms with Crippen LogP contribution in [-0.2, 0) is 16.0 Å². The fourth-order valence-corrected chi connectivity index (χ4v) is 4.78. The average Bonchev–Trinajstić information content (AvgIpc) is 3.13. The molecule has 1 aromatic carbocycles. The summed E-state index contributed by atoms with van der Waals surface area (Å²) in [5, 5.41) is 11.4. The molecule has 1 aromatic rings. The van der Waals surface area contributed by atoms with Crippen molar-refractivity contribution in [2.24, 2.45) is 5.41 Å². The normalized spacial score (nSPS) is 24.2. The Balaban J connectivity index is 1.91. The van der Waals surface area contributed by atoms with E-state index in [0.29, 0.717) is 5.56 Å². The molecule has 3 heterocycles. The average molecular weight is 374 g/mol. The Morgan fingerprint density at radius 1 is 1.23 bits per heavy atom. The molecule has 0 aromatic heterocycles. The molecule has 0 aliphatic carbocycles. The summed E-state index contributed by atoms with van der Waals surface area (Å²) >= 11 is 5.22. The number of amides is 2. The molecule has 0 radical (unpaired) electrons. The van der Waals surface area contributed by atoms with Gasteiger partial charge in [0.1, 0.15) is 0 Å². The molecule has 9 heteroatoms. The van der Waals surface area contributed by atoms with Gasteiger partial charge in [0.05, 0.1) is 11.0 Å². The first kappa shape index (κ1) is 16.9. The van der Waals surface area contributed by atoms with Crippen molar-refractivity contribution in [1.82, 2.24) is 9.80 Å². The van der Waals surface area contributed by atoms with E-state index in [9.17, 15) is 19.7 Å². The molecule has 4 rings (SSSR count). The van der Waals surface area contributed by atoms with Crippen LogP contribution in [0.2, 0.25) is 0 Å². The maximum atomic E-state index is 13.3. The number of rotatable bonds is 1. The molecule has 136 valence electrons. The van der Waals surface area contributed by atoms with Crippen LogP contribution in [-0.4, -0.2) is 58.3 Å². The number of anilines is 1. The largest absolute Gasteiger partial charge is 0.367 e. The lowest BCUT2D eigenvalue weighted by molar-refractivity contribution is -0.384. The number of hydrogen-bond acceptors (Lipinski definition) is 6. The maximum absolute atomic E-state index is 13.3. The van der Waals surface area contributed by atoms with Crippen LogP contribution < -0.4 is 4.90 Å². The van der Waals surface area contributed by atoms with E-state index >= 15 is 0 Å². The van der Waals surface area contributed by atoms with Gasteiger partial charge in [-0.2, -0.15) is 0 Å². The SMILES string of the molecule is CN1C(=O)C2(Cc3cc([N+](=O)[O-])ccc3N3CCC[C@H]32)C(=O)N(C)C1=S. The molecule has 26 heavy (non-hydrogen) atoms. The van der Waals surface area contributed by atoms with Crippen LogP contribution in [0.4, 0.5) is 11.4 Å². The standard InChI is InChI=1S/C17H18N4O4S/c1-18-14(22)17(15(23)19(2)16(18)26)9-10-8-11(21(24)25)5-6-12(10)20-7-3-4-13(17)20/h5-6,8,13H,3-4,7,9H2,1-2H3/t13-/m0/s1. The second-order valence-electron chi connectivity index (χ2n) is 7.08. The summed E-state index contributed by atoms with van der Waals surface area (Å²) in [6, 6.07) is 4.43. The molecule has 8 nitrogen and oxygen atoms in total. The molecule has 1 spiro atoms. The van der Waals surface area contributed by atoms with E-state index in [1.165, 1.54) is 21.9 Å². The Hall–Kier alpha value is -2.55. The Morgan fingerprint density at radius 3 is 2.50 bits per heavy atom. The van der Waals surface area contributed by atoms with E-state index in [1.807, 2.05) is 0 Å². The highest BCUT2D eigenvalue weighted by molar-refractivity contribution is 7.80. The molecule has 2 saturated heterocycles. The summed E-state index contributed by atoms with van der Waals surface area (Å²) in [4.78, 5) is 42.0. The van der Waals surface area contributed by atoms with E-state index in [4.69, 9.17) is 12.2 Å². The van der Waals surface area contributed by atoms with Crippen molar-refractivity contribution in [1.29, 1.82) is 0 Å². The van der Waals surface area contributed by atoms with Gasteiger partial charge in [-0.05, 0) is 36.7 Å². The van der Waals surface area contributed by atoms with Gasteiger partial charge in [-0.15, -0.1) is 0 Å². The van der Waals surface area contributed by atoms with Crippen LogP contribution in [0, 0.1) is 15.5 Å². The fraction of sp³-hybridized carbons (Fsp3) is 0.471. The summed E-state index contributed by atoms with van der Waals surface area (Å²) in [5.74, 6) is -0.640. The van der Waals surface area contributed by atoms with Gasteiger partial charge in [-0.25, -0.2) is 0 Å².